The molecule has 2 N–H and O–H groups in total. The zero-order valence-electron chi connectivity index (χ0n) is 19.4. The topological polar surface area (TPSA) is 87.5 Å². The van der Waals surface area contributed by atoms with Gasteiger partial charge in [0.1, 0.15) is 23.4 Å². The number of anilines is 1. The molecular weight excluding hydrogens is 418 g/mol. The highest BCUT2D eigenvalue weighted by atomic mass is 16.5. The first-order chi connectivity index (χ1) is 16.0. The van der Waals surface area contributed by atoms with Gasteiger partial charge in [0, 0.05) is 58.4 Å². The minimum absolute atomic E-state index is 0.274. The van der Waals surface area contributed by atoms with Crippen molar-refractivity contribution in [2.45, 2.75) is 12.6 Å². The van der Waals surface area contributed by atoms with E-state index in [1.807, 2.05) is 54.2 Å². The van der Waals surface area contributed by atoms with Crippen LogP contribution < -0.4 is 20.3 Å². The van der Waals surface area contributed by atoms with E-state index in [-0.39, 0.29) is 6.03 Å². The maximum Gasteiger partial charge on any atom is 0.315 e. The van der Waals surface area contributed by atoms with Crippen LogP contribution in [0.5, 0.6) is 5.75 Å². The number of urea groups is 1. The van der Waals surface area contributed by atoms with E-state index in [1.54, 1.807) is 19.5 Å². The van der Waals surface area contributed by atoms with Gasteiger partial charge in [-0.15, -0.1) is 0 Å². The smallest absolute Gasteiger partial charge is 0.315 e. The Morgan fingerprint density at radius 3 is 2.64 bits per heavy atom. The van der Waals surface area contributed by atoms with Gasteiger partial charge in [-0.05, 0) is 42.4 Å². The van der Waals surface area contributed by atoms with E-state index in [0.717, 1.165) is 54.7 Å². The molecule has 1 saturated heterocycles. The summed E-state index contributed by atoms with van der Waals surface area (Å²) in [6, 6.07) is 10.9. The number of hydrogen-bond donors (Lipinski definition) is 2. The van der Waals surface area contributed by atoms with E-state index in [1.165, 1.54) is 0 Å². The van der Waals surface area contributed by atoms with Crippen molar-refractivity contribution in [3.63, 3.8) is 0 Å². The molecule has 1 aliphatic rings. The van der Waals surface area contributed by atoms with Crippen LogP contribution in [0.15, 0.2) is 55.0 Å². The molecule has 2 aromatic heterocycles. The molecule has 3 heterocycles. The Kier molecular flexibility index (Phi) is 7.09. The highest BCUT2D eigenvalue weighted by Crippen LogP contribution is 2.24. The lowest BCUT2D eigenvalue weighted by Gasteiger charge is -2.33. The monoisotopic (exact) mass is 449 g/mol. The van der Waals surface area contributed by atoms with Crippen LogP contribution in [0.25, 0.3) is 0 Å². The van der Waals surface area contributed by atoms with Crippen molar-refractivity contribution in [1.82, 2.24) is 30.1 Å². The predicted molar refractivity (Wildman–Crippen MR) is 127 cm³/mol. The highest BCUT2D eigenvalue weighted by Gasteiger charge is 2.21. The number of imidazole rings is 1. The second-order valence-electron chi connectivity index (χ2n) is 8.25. The van der Waals surface area contributed by atoms with Crippen molar-refractivity contribution >= 4 is 11.8 Å². The molecular formula is C24H31N7O2. The van der Waals surface area contributed by atoms with Gasteiger partial charge in [-0.1, -0.05) is 12.1 Å². The zero-order chi connectivity index (χ0) is 23.2. The molecule has 4 rings (SSSR count). The summed E-state index contributed by atoms with van der Waals surface area (Å²) in [6.07, 6.45) is 5.38. The first kappa shape index (κ1) is 22.6. The molecule has 0 aliphatic carbocycles. The quantitative estimate of drug-likeness (QED) is 0.575. The summed E-state index contributed by atoms with van der Waals surface area (Å²) in [5, 5.41) is 6.03. The van der Waals surface area contributed by atoms with E-state index in [4.69, 9.17) is 4.74 Å². The number of carbonyl (C=O) groups excluding carboxylic acids is 1. The number of aromatic nitrogens is 3. The lowest BCUT2D eigenvalue weighted by molar-refractivity contribution is 0.237. The summed E-state index contributed by atoms with van der Waals surface area (Å²) in [4.78, 5) is 26.4. The first-order valence-electron chi connectivity index (χ1n) is 11.1. The molecule has 1 atom stereocenters. The Morgan fingerprint density at radius 2 is 1.91 bits per heavy atom. The third-order valence-corrected chi connectivity index (χ3v) is 5.91. The number of nitrogens with one attached hydrogen (secondary N) is 2. The molecule has 3 aromatic rings. The fourth-order valence-electron chi connectivity index (χ4n) is 3.92. The van der Waals surface area contributed by atoms with Crippen LogP contribution in [-0.4, -0.2) is 65.8 Å². The molecule has 1 unspecified atom stereocenters. The fourth-order valence-corrected chi connectivity index (χ4v) is 3.92. The molecule has 1 aliphatic heterocycles. The van der Waals surface area contributed by atoms with Gasteiger partial charge in [0.05, 0.1) is 7.11 Å². The molecule has 0 radical (unpaired) electrons. The number of pyridine rings is 1. The largest absolute Gasteiger partial charge is 0.497 e. The van der Waals surface area contributed by atoms with Gasteiger partial charge in [0.25, 0.3) is 0 Å². The molecule has 0 bridgehead atoms. The van der Waals surface area contributed by atoms with Crippen molar-refractivity contribution in [3.8, 4) is 5.75 Å². The number of amides is 2. The Bertz CT molecular complexity index is 1080. The summed E-state index contributed by atoms with van der Waals surface area (Å²) in [6.45, 7) is 4.34. The second-order valence-corrected chi connectivity index (χ2v) is 8.25. The van der Waals surface area contributed by atoms with Gasteiger partial charge in [0.15, 0.2) is 0 Å². The Morgan fingerprint density at radius 1 is 1.09 bits per heavy atom. The van der Waals surface area contributed by atoms with Gasteiger partial charge >= 0.3 is 6.03 Å². The number of aryl methyl sites for hydroxylation is 1. The van der Waals surface area contributed by atoms with Gasteiger partial charge < -0.3 is 29.7 Å². The molecule has 0 saturated carbocycles. The van der Waals surface area contributed by atoms with Crippen molar-refractivity contribution in [1.29, 1.82) is 0 Å². The third-order valence-electron chi connectivity index (χ3n) is 5.91. The number of hydrogen-bond acceptors (Lipinski definition) is 6. The van der Waals surface area contributed by atoms with E-state index in [2.05, 4.69) is 37.4 Å². The second kappa shape index (κ2) is 10.4. The van der Waals surface area contributed by atoms with Gasteiger partial charge in [-0.2, -0.15) is 0 Å². The van der Waals surface area contributed by atoms with E-state index >= 15 is 0 Å². The first-order valence-corrected chi connectivity index (χ1v) is 11.1. The standard InChI is InChI=1S/C24H31N7O2/c1-29-11-13-31(14-12-29)21-15-18(7-8-25-21)17-27-24(32)28-22(23-26-9-10-30(23)2)19-5-4-6-20(16-19)33-3/h4-10,15-16,22H,11-14,17H2,1-3H3,(H2,27,28,32). The molecule has 9 nitrogen and oxygen atoms in total. The molecule has 33 heavy (non-hydrogen) atoms. The van der Waals surface area contributed by atoms with E-state index in [0.29, 0.717) is 6.54 Å². The summed E-state index contributed by atoms with van der Waals surface area (Å²) in [5.74, 6) is 2.41. The lowest BCUT2D eigenvalue weighted by Crippen LogP contribution is -2.44. The number of nitrogens with zero attached hydrogens (tertiary/aromatic N) is 5. The predicted octanol–water partition coefficient (Wildman–Crippen LogP) is 2.16. The average Bonchev–Trinajstić information content (AvgIpc) is 3.27. The molecule has 9 heteroatoms. The average molecular weight is 450 g/mol. The molecule has 2 amide bonds. The summed E-state index contributed by atoms with van der Waals surface area (Å²) in [5.41, 5.74) is 1.89. The van der Waals surface area contributed by atoms with Crippen molar-refractivity contribution in [2.24, 2.45) is 7.05 Å². The lowest BCUT2D eigenvalue weighted by atomic mass is 10.1. The van der Waals surface area contributed by atoms with Crippen LogP contribution in [0.2, 0.25) is 0 Å². The number of methoxy groups -OCH3 is 1. The van der Waals surface area contributed by atoms with Crippen molar-refractivity contribution in [3.05, 3.63) is 71.9 Å². The van der Waals surface area contributed by atoms with Crippen LogP contribution >= 0.6 is 0 Å². The van der Waals surface area contributed by atoms with Crippen molar-refractivity contribution < 1.29 is 9.53 Å². The summed E-state index contributed by atoms with van der Waals surface area (Å²) < 4.78 is 7.26. The van der Waals surface area contributed by atoms with E-state index in [9.17, 15) is 4.79 Å². The maximum absolute atomic E-state index is 12.9. The number of piperazine rings is 1. The summed E-state index contributed by atoms with van der Waals surface area (Å²) >= 11 is 0. The highest BCUT2D eigenvalue weighted by molar-refractivity contribution is 5.75. The van der Waals surface area contributed by atoms with Crippen molar-refractivity contribution in [2.75, 3.05) is 45.2 Å². The third kappa shape index (κ3) is 5.61. The number of likely N-dealkylation sites (N-methyl/N-ethyl adjacent to an activating group) is 1. The van der Waals surface area contributed by atoms with Crippen LogP contribution in [-0.2, 0) is 13.6 Å². The Balaban J connectivity index is 1.43. The molecule has 1 fully saturated rings. The minimum Gasteiger partial charge on any atom is -0.497 e. The van der Waals surface area contributed by atoms with Gasteiger partial charge in [0.2, 0.25) is 0 Å². The molecule has 174 valence electrons. The number of ether oxygens (including phenoxy) is 1. The number of rotatable bonds is 7. The van der Waals surface area contributed by atoms with E-state index < -0.39 is 6.04 Å². The summed E-state index contributed by atoms with van der Waals surface area (Å²) in [7, 11) is 5.67. The zero-order valence-corrected chi connectivity index (χ0v) is 19.4. The van der Waals surface area contributed by atoms with Gasteiger partial charge in [-0.25, -0.2) is 14.8 Å². The number of carbonyl (C=O) groups is 1. The van der Waals surface area contributed by atoms with Gasteiger partial charge in [-0.3, -0.25) is 0 Å². The molecule has 0 spiro atoms. The molecule has 1 aromatic carbocycles. The van der Waals surface area contributed by atoms with Crippen LogP contribution in [0, 0.1) is 0 Å². The Hall–Kier alpha value is -3.59. The normalized spacial score (nSPS) is 15.2. The Labute approximate surface area is 194 Å². The fraction of sp³-hybridized carbons (Fsp3) is 0.375. The number of benzene rings is 1. The maximum atomic E-state index is 12.9. The van der Waals surface area contributed by atoms with Crippen LogP contribution in [0.3, 0.4) is 0 Å². The van der Waals surface area contributed by atoms with Crippen LogP contribution in [0.4, 0.5) is 10.6 Å². The minimum atomic E-state index is -0.418. The van der Waals surface area contributed by atoms with Crippen LogP contribution in [0.1, 0.15) is 23.0 Å². The SMILES string of the molecule is COc1cccc(C(NC(=O)NCc2ccnc(N3CCN(C)CC3)c2)c2nccn2C)c1.